The Kier molecular flexibility index (Phi) is 5.43. The lowest BCUT2D eigenvalue weighted by atomic mass is 10.0. The minimum absolute atomic E-state index is 0.238. The van der Waals surface area contributed by atoms with E-state index < -0.39 is 0 Å². The molecule has 0 spiro atoms. The van der Waals surface area contributed by atoms with Gasteiger partial charge in [0.25, 0.3) is 5.91 Å². The van der Waals surface area contributed by atoms with Gasteiger partial charge in [-0.05, 0) is 58.5 Å². The average molecular weight is 443 g/mol. The van der Waals surface area contributed by atoms with E-state index in [-0.39, 0.29) is 5.91 Å². The van der Waals surface area contributed by atoms with E-state index in [1.54, 1.807) is 24.3 Å². The lowest BCUT2D eigenvalue weighted by Crippen LogP contribution is -2.39. The lowest BCUT2D eigenvalue weighted by molar-refractivity contribution is 0.102. The molecule has 0 atom stereocenters. The van der Waals surface area contributed by atoms with Crippen molar-refractivity contribution >= 4 is 45.9 Å². The molecule has 0 aliphatic carbocycles. The fourth-order valence-corrected chi connectivity index (χ4v) is 4.23. The Morgan fingerprint density at radius 2 is 1.94 bits per heavy atom. The van der Waals surface area contributed by atoms with E-state index in [1.165, 1.54) is 22.0 Å². The first-order chi connectivity index (χ1) is 15.5. The van der Waals surface area contributed by atoms with Gasteiger partial charge in [0.05, 0.1) is 11.4 Å². The molecule has 3 aromatic carbocycles. The van der Waals surface area contributed by atoms with E-state index in [0.29, 0.717) is 22.0 Å². The van der Waals surface area contributed by atoms with E-state index >= 15 is 0 Å². The zero-order valence-corrected chi connectivity index (χ0v) is 18.2. The van der Waals surface area contributed by atoms with Crippen LogP contribution in [0.3, 0.4) is 0 Å². The number of hydrogen-bond acceptors (Lipinski definition) is 3. The molecule has 2 heterocycles. The summed E-state index contributed by atoms with van der Waals surface area (Å²) in [5, 5.41) is 4.62. The molecule has 1 saturated heterocycles. The van der Waals surface area contributed by atoms with Crippen LogP contribution in [0.5, 0.6) is 0 Å². The van der Waals surface area contributed by atoms with Crippen LogP contribution in [0.2, 0.25) is 5.02 Å². The highest BCUT2D eigenvalue weighted by atomic mass is 35.5. The number of halogens is 1. The number of likely N-dealkylation sites (tertiary alicyclic amines) is 1. The van der Waals surface area contributed by atoms with Crippen molar-refractivity contribution in [1.82, 2.24) is 9.88 Å². The van der Waals surface area contributed by atoms with E-state index in [9.17, 15) is 4.79 Å². The Morgan fingerprint density at radius 1 is 1.09 bits per heavy atom. The summed E-state index contributed by atoms with van der Waals surface area (Å²) in [7, 11) is 0. The zero-order chi connectivity index (χ0) is 22.1. The SMILES string of the molecule is Nc1ccccc1NC(=O)c1ccc(C=C2CN(Cc3ccc4cc[nH]c4c3)C2)c(Cl)c1. The summed E-state index contributed by atoms with van der Waals surface area (Å²) in [5.41, 5.74) is 12.2. The van der Waals surface area contributed by atoms with Crippen LogP contribution in [0, 0.1) is 0 Å². The summed E-state index contributed by atoms with van der Waals surface area (Å²) < 4.78 is 0. The van der Waals surface area contributed by atoms with E-state index in [0.717, 1.165) is 25.2 Å². The van der Waals surface area contributed by atoms with Crippen LogP contribution in [-0.4, -0.2) is 28.9 Å². The molecule has 6 heteroatoms. The summed E-state index contributed by atoms with van der Waals surface area (Å²) in [6, 6.07) is 21.2. The molecule has 4 aromatic rings. The molecule has 4 N–H and O–H groups in total. The van der Waals surface area contributed by atoms with Crippen LogP contribution < -0.4 is 11.1 Å². The third kappa shape index (κ3) is 4.26. The van der Waals surface area contributed by atoms with Gasteiger partial charge in [0.1, 0.15) is 0 Å². The number of nitrogens with one attached hydrogen (secondary N) is 2. The zero-order valence-electron chi connectivity index (χ0n) is 17.4. The number of rotatable bonds is 5. The fourth-order valence-electron chi connectivity index (χ4n) is 3.99. The van der Waals surface area contributed by atoms with Crippen LogP contribution in [-0.2, 0) is 6.54 Å². The molecule has 1 fully saturated rings. The predicted molar refractivity (Wildman–Crippen MR) is 132 cm³/mol. The molecule has 0 saturated carbocycles. The largest absolute Gasteiger partial charge is 0.397 e. The quantitative estimate of drug-likeness (QED) is 0.354. The number of carbonyl (C=O) groups is 1. The normalized spacial score (nSPS) is 13.7. The predicted octanol–water partition coefficient (Wildman–Crippen LogP) is 5.56. The Morgan fingerprint density at radius 3 is 2.75 bits per heavy atom. The average Bonchev–Trinajstić information content (AvgIpc) is 3.23. The fraction of sp³-hybridized carbons (Fsp3) is 0.115. The highest BCUT2D eigenvalue weighted by Crippen LogP contribution is 2.26. The van der Waals surface area contributed by atoms with Crippen molar-refractivity contribution in [2.24, 2.45) is 0 Å². The number of amides is 1. The van der Waals surface area contributed by atoms with Gasteiger partial charge in [-0.3, -0.25) is 9.69 Å². The van der Waals surface area contributed by atoms with Crippen molar-refractivity contribution in [3.63, 3.8) is 0 Å². The molecule has 0 bridgehead atoms. The number of benzene rings is 3. The van der Waals surface area contributed by atoms with Crippen molar-refractivity contribution in [2.45, 2.75) is 6.54 Å². The summed E-state index contributed by atoms with van der Waals surface area (Å²) in [6.45, 7) is 2.74. The number of aromatic amines is 1. The number of nitrogens with two attached hydrogens (primary N) is 1. The van der Waals surface area contributed by atoms with E-state index in [1.807, 2.05) is 24.4 Å². The first kappa shape index (κ1) is 20.4. The number of para-hydroxylation sites is 2. The van der Waals surface area contributed by atoms with Gasteiger partial charge in [-0.15, -0.1) is 0 Å². The molecular formula is C26H23ClN4O. The van der Waals surface area contributed by atoms with Crippen molar-refractivity contribution in [3.05, 3.63) is 100 Å². The number of hydrogen-bond donors (Lipinski definition) is 3. The van der Waals surface area contributed by atoms with Crippen LogP contribution >= 0.6 is 11.6 Å². The topological polar surface area (TPSA) is 74.2 Å². The monoisotopic (exact) mass is 442 g/mol. The molecule has 1 aliphatic heterocycles. The minimum atomic E-state index is -0.238. The second kappa shape index (κ2) is 8.54. The van der Waals surface area contributed by atoms with Gasteiger partial charge in [-0.25, -0.2) is 0 Å². The van der Waals surface area contributed by atoms with Gasteiger partial charge >= 0.3 is 0 Å². The van der Waals surface area contributed by atoms with Gasteiger partial charge < -0.3 is 16.0 Å². The molecule has 32 heavy (non-hydrogen) atoms. The lowest BCUT2D eigenvalue weighted by Gasteiger charge is -2.34. The number of H-pyrrole nitrogens is 1. The number of nitrogen functional groups attached to an aromatic ring is 1. The maximum Gasteiger partial charge on any atom is 0.255 e. The van der Waals surface area contributed by atoms with Gasteiger partial charge in [-0.2, -0.15) is 0 Å². The second-order valence-electron chi connectivity index (χ2n) is 8.12. The first-order valence-corrected chi connectivity index (χ1v) is 10.9. The minimum Gasteiger partial charge on any atom is -0.397 e. The smallest absolute Gasteiger partial charge is 0.255 e. The molecule has 5 nitrogen and oxygen atoms in total. The van der Waals surface area contributed by atoms with Gasteiger partial charge in [0, 0.05) is 41.9 Å². The number of carbonyl (C=O) groups excluding carboxylic acids is 1. The molecule has 5 rings (SSSR count). The van der Waals surface area contributed by atoms with E-state index in [2.05, 4.69) is 45.5 Å². The second-order valence-corrected chi connectivity index (χ2v) is 8.53. The van der Waals surface area contributed by atoms with Gasteiger partial charge in [0.15, 0.2) is 0 Å². The Bertz CT molecular complexity index is 1330. The van der Waals surface area contributed by atoms with Crippen LogP contribution in [0.4, 0.5) is 11.4 Å². The van der Waals surface area contributed by atoms with Crippen LogP contribution in [0.1, 0.15) is 21.5 Å². The standard InChI is InChI=1S/C26H23ClN4O/c27-22-13-21(26(32)30-24-4-2-1-3-23(24)28)8-7-20(22)11-18-15-31(16-18)14-17-5-6-19-9-10-29-25(19)12-17/h1-13,29H,14-16,28H2,(H,30,32). The molecule has 0 radical (unpaired) electrons. The van der Waals surface area contributed by atoms with Crippen molar-refractivity contribution < 1.29 is 4.79 Å². The Balaban J connectivity index is 1.21. The summed E-state index contributed by atoms with van der Waals surface area (Å²) in [5.74, 6) is -0.238. The van der Waals surface area contributed by atoms with Crippen molar-refractivity contribution in [1.29, 1.82) is 0 Å². The molecular weight excluding hydrogens is 420 g/mol. The molecule has 0 unspecified atom stereocenters. The highest BCUT2D eigenvalue weighted by Gasteiger charge is 2.20. The number of nitrogens with zero attached hydrogens (tertiary/aromatic N) is 1. The Labute approximate surface area is 191 Å². The molecule has 1 amide bonds. The number of anilines is 2. The van der Waals surface area contributed by atoms with Gasteiger partial charge in [-0.1, -0.05) is 48.0 Å². The maximum absolute atomic E-state index is 12.6. The summed E-state index contributed by atoms with van der Waals surface area (Å²) in [6.07, 6.45) is 4.08. The van der Waals surface area contributed by atoms with E-state index in [4.69, 9.17) is 17.3 Å². The highest BCUT2D eigenvalue weighted by molar-refractivity contribution is 6.32. The molecule has 160 valence electrons. The molecule has 1 aromatic heterocycles. The number of fused-ring (bicyclic) bond motifs is 1. The van der Waals surface area contributed by atoms with Crippen LogP contribution in [0.15, 0.2) is 78.5 Å². The third-order valence-corrected chi connectivity index (χ3v) is 6.04. The summed E-state index contributed by atoms with van der Waals surface area (Å²) in [4.78, 5) is 18.2. The maximum atomic E-state index is 12.6. The number of aromatic nitrogens is 1. The van der Waals surface area contributed by atoms with Crippen LogP contribution in [0.25, 0.3) is 17.0 Å². The first-order valence-electron chi connectivity index (χ1n) is 10.5. The van der Waals surface area contributed by atoms with Crippen molar-refractivity contribution in [2.75, 3.05) is 24.1 Å². The van der Waals surface area contributed by atoms with Gasteiger partial charge in [0.2, 0.25) is 0 Å². The Hall–Kier alpha value is -3.54. The summed E-state index contributed by atoms with van der Waals surface area (Å²) >= 11 is 6.48. The third-order valence-electron chi connectivity index (χ3n) is 5.71. The molecule has 1 aliphatic rings. The van der Waals surface area contributed by atoms with Crippen molar-refractivity contribution in [3.8, 4) is 0 Å².